The summed E-state index contributed by atoms with van der Waals surface area (Å²) in [5, 5.41) is 11.7. The second-order valence-corrected chi connectivity index (χ2v) is 5.09. The highest BCUT2D eigenvalue weighted by molar-refractivity contribution is 6.02. The lowest BCUT2D eigenvalue weighted by atomic mass is 10.2. The van der Waals surface area contributed by atoms with Crippen molar-refractivity contribution in [3.8, 4) is 5.82 Å². The molecule has 4 aromatic rings. The molecule has 1 aromatic carbocycles. The monoisotopic (exact) mass is 316 g/mol. The normalized spacial score (nSPS) is 10.7. The number of aromatic nitrogens is 5. The van der Waals surface area contributed by atoms with Gasteiger partial charge in [0.15, 0.2) is 11.5 Å². The zero-order chi connectivity index (χ0) is 16.4. The first kappa shape index (κ1) is 14.0. The van der Waals surface area contributed by atoms with E-state index in [1.165, 1.54) is 0 Å². The summed E-state index contributed by atoms with van der Waals surface area (Å²) in [6.07, 6.45) is 5.01. The minimum Gasteiger partial charge on any atom is -0.305 e. The fraction of sp³-hybridized carbons (Fsp3) is 0. The lowest BCUT2D eigenvalue weighted by Crippen LogP contribution is -2.15. The average molecular weight is 316 g/mol. The van der Waals surface area contributed by atoms with Crippen molar-refractivity contribution in [2.45, 2.75) is 0 Å². The molecule has 7 nitrogen and oxygen atoms in total. The summed E-state index contributed by atoms with van der Waals surface area (Å²) in [7, 11) is 0. The van der Waals surface area contributed by atoms with Crippen LogP contribution in [0.15, 0.2) is 67.3 Å². The lowest BCUT2D eigenvalue weighted by molar-refractivity contribution is 0.102. The number of nitrogens with one attached hydrogen (secondary N) is 1. The molecule has 0 bridgehead atoms. The summed E-state index contributed by atoms with van der Waals surface area (Å²) in [6.45, 7) is 0. The third-order valence-corrected chi connectivity index (χ3v) is 3.49. The maximum absolute atomic E-state index is 12.3. The Balaban J connectivity index is 1.54. The van der Waals surface area contributed by atoms with Gasteiger partial charge in [-0.2, -0.15) is 0 Å². The quantitative estimate of drug-likeness (QED) is 0.627. The number of carbonyl (C=O) groups excluding carboxylic acids is 1. The number of hydrogen-bond acceptors (Lipinski definition) is 5. The van der Waals surface area contributed by atoms with Crippen molar-refractivity contribution in [1.29, 1.82) is 0 Å². The van der Waals surface area contributed by atoms with E-state index in [0.29, 0.717) is 11.6 Å². The molecule has 0 aliphatic rings. The van der Waals surface area contributed by atoms with Crippen molar-refractivity contribution in [3.63, 3.8) is 0 Å². The molecule has 0 saturated heterocycles. The summed E-state index contributed by atoms with van der Waals surface area (Å²) in [6, 6.07) is 14.7. The number of benzene rings is 1. The Hall–Kier alpha value is -3.61. The predicted molar refractivity (Wildman–Crippen MR) is 88.9 cm³/mol. The van der Waals surface area contributed by atoms with Gasteiger partial charge in [0, 0.05) is 17.8 Å². The molecule has 0 radical (unpaired) electrons. The molecule has 0 aliphatic carbocycles. The van der Waals surface area contributed by atoms with Gasteiger partial charge >= 0.3 is 0 Å². The summed E-state index contributed by atoms with van der Waals surface area (Å²) < 4.78 is 1.71. The van der Waals surface area contributed by atoms with Gasteiger partial charge in [-0.1, -0.05) is 18.2 Å². The highest BCUT2D eigenvalue weighted by atomic mass is 16.2. The van der Waals surface area contributed by atoms with Gasteiger partial charge in [0.25, 0.3) is 5.91 Å². The largest absolute Gasteiger partial charge is 0.305 e. The summed E-state index contributed by atoms with van der Waals surface area (Å²) in [5.41, 5.74) is 1.03. The van der Waals surface area contributed by atoms with Gasteiger partial charge in [0.05, 0.1) is 5.52 Å². The fourth-order valence-electron chi connectivity index (χ4n) is 2.29. The van der Waals surface area contributed by atoms with Crippen LogP contribution in [0.4, 0.5) is 5.82 Å². The smallest absolute Gasteiger partial charge is 0.277 e. The van der Waals surface area contributed by atoms with Crippen LogP contribution in [0, 0.1) is 0 Å². The van der Waals surface area contributed by atoms with Gasteiger partial charge in [-0.15, -0.1) is 10.2 Å². The molecule has 0 saturated carbocycles. The van der Waals surface area contributed by atoms with Gasteiger partial charge in [-0.05, 0) is 30.3 Å². The molecule has 4 rings (SSSR count). The molecule has 1 amide bonds. The maximum atomic E-state index is 12.3. The topological polar surface area (TPSA) is 85.6 Å². The van der Waals surface area contributed by atoms with Crippen LogP contribution in [0.1, 0.15) is 10.5 Å². The third-order valence-electron chi connectivity index (χ3n) is 3.49. The Kier molecular flexibility index (Phi) is 3.43. The lowest BCUT2D eigenvalue weighted by Gasteiger charge is -2.05. The number of pyridine rings is 1. The first-order valence-corrected chi connectivity index (χ1v) is 7.29. The van der Waals surface area contributed by atoms with Crippen LogP contribution in [-0.4, -0.2) is 30.6 Å². The Morgan fingerprint density at radius 3 is 2.71 bits per heavy atom. The van der Waals surface area contributed by atoms with Crippen molar-refractivity contribution in [2.75, 3.05) is 5.32 Å². The Bertz CT molecular complexity index is 995. The second kappa shape index (κ2) is 5.88. The van der Waals surface area contributed by atoms with Crippen molar-refractivity contribution in [3.05, 3.63) is 72.9 Å². The molecule has 0 fully saturated rings. The molecule has 116 valence electrons. The third kappa shape index (κ3) is 2.70. The molecule has 0 atom stereocenters. The SMILES string of the molecule is O=C(Nc1ccc2ccccc2n1)c1ccc(-n2ccnc2)nn1. The van der Waals surface area contributed by atoms with Crippen LogP contribution in [0.2, 0.25) is 0 Å². The number of hydrogen-bond donors (Lipinski definition) is 1. The molecule has 24 heavy (non-hydrogen) atoms. The Labute approximate surface area is 137 Å². The van der Waals surface area contributed by atoms with Gasteiger partial charge in [-0.3, -0.25) is 9.36 Å². The number of nitrogens with zero attached hydrogens (tertiary/aromatic N) is 5. The molecule has 1 N–H and O–H groups in total. The van der Waals surface area contributed by atoms with E-state index in [1.807, 2.05) is 30.3 Å². The minimum atomic E-state index is -0.359. The molecule has 0 unspecified atom stereocenters. The van der Waals surface area contributed by atoms with E-state index < -0.39 is 0 Å². The molecular formula is C17H12N6O. The number of fused-ring (bicyclic) bond motifs is 1. The van der Waals surface area contributed by atoms with Gasteiger partial charge < -0.3 is 5.32 Å². The Morgan fingerprint density at radius 1 is 1.00 bits per heavy atom. The van der Waals surface area contributed by atoms with Crippen LogP contribution in [0.3, 0.4) is 0 Å². The standard InChI is InChI=1S/C17H12N6O/c24-17(14-6-8-16(22-21-14)23-10-9-18-11-23)20-15-7-5-12-3-1-2-4-13(12)19-15/h1-11H,(H,19,20,24). The summed E-state index contributed by atoms with van der Waals surface area (Å²) in [4.78, 5) is 20.6. The maximum Gasteiger partial charge on any atom is 0.277 e. The van der Waals surface area contributed by atoms with Crippen molar-refractivity contribution in [1.82, 2.24) is 24.7 Å². The van der Waals surface area contributed by atoms with E-state index in [2.05, 4.69) is 25.5 Å². The van der Waals surface area contributed by atoms with Crippen LogP contribution in [0.5, 0.6) is 0 Å². The van der Waals surface area contributed by atoms with Crippen molar-refractivity contribution < 1.29 is 4.79 Å². The molecule has 3 heterocycles. The molecule has 7 heteroatoms. The van der Waals surface area contributed by atoms with E-state index in [0.717, 1.165) is 10.9 Å². The highest BCUT2D eigenvalue weighted by Crippen LogP contribution is 2.15. The fourth-order valence-corrected chi connectivity index (χ4v) is 2.29. The van der Waals surface area contributed by atoms with Crippen LogP contribution >= 0.6 is 0 Å². The van der Waals surface area contributed by atoms with Crippen LogP contribution in [-0.2, 0) is 0 Å². The number of imidazole rings is 1. The van der Waals surface area contributed by atoms with Crippen molar-refractivity contribution in [2.24, 2.45) is 0 Å². The zero-order valence-electron chi connectivity index (χ0n) is 12.5. The van der Waals surface area contributed by atoms with Crippen molar-refractivity contribution >= 4 is 22.6 Å². The first-order valence-electron chi connectivity index (χ1n) is 7.29. The van der Waals surface area contributed by atoms with Gasteiger partial charge in [0.1, 0.15) is 12.1 Å². The number of carbonyl (C=O) groups is 1. The van der Waals surface area contributed by atoms with E-state index in [-0.39, 0.29) is 11.6 Å². The Morgan fingerprint density at radius 2 is 1.92 bits per heavy atom. The number of anilines is 1. The average Bonchev–Trinajstić information content (AvgIpc) is 3.16. The molecule has 0 spiro atoms. The zero-order valence-corrected chi connectivity index (χ0v) is 12.5. The predicted octanol–water partition coefficient (Wildman–Crippen LogP) is 2.46. The number of para-hydroxylation sites is 1. The van der Waals surface area contributed by atoms with Crippen LogP contribution in [0.25, 0.3) is 16.7 Å². The van der Waals surface area contributed by atoms with E-state index in [9.17, 15) is 4.79 Å². The van der Waals surface area contributed by atoms with Crippen LogP contribution < -0.4 is 5.32 Å². The van der Waals surface area contributed by atoms with E-state index in [4.69, 9.17) is 0 Å². The van der Waals surface area contributed by atoms with E-state index in [1.54, 1.807) is 41.5 Å². The molecule has 0 aliphatic heterocycles. The summed E-state index contributed by atoms with van der Waals surface area (Å²) >= 11 is 0. The number of amides is 1. The minimum absolute atomic E-state index is 0.217. The van der Waals surface area contributed by atoms with E-state index >= 15 is 0 Å². The first-order chi connectivity index (χ1) is 11.8. The molecule has 3 aromatic heterocycles. The summed E-state index contributed by atoms with van der Waals surface area (Å²) in [5.74, 6) is 0.703. The highest BCUT2D eigenvalue weighted by Gasteiger charge is 2.10. The second-order valence-electron chi connectivity index (χ2n) is 5.09. The van der Waals surface area contributed by atoms with Gasteiger partial charge in [-0.25, -0.2) is 9.97 Å². The van der Waals surface area contributed by atoms with Gasteiger partial charge in [0.2, 0.25) is 0 Å². The molecular weight excluding hydrogens is 304 g/mol. The number of rotatable bonds is 3.